The molecule has 1 atom stereocenters. The molecule has 1 fully saturated rings. The highest BCUT2D eigenvalue weighted by atomic mass is 16.2. The Labute approximate surface area is 167 Å². The molecule has 2 aliphatic rings. The number of para-hydroxylation sites is 1. The van der Waals surface area contributed by atoms with Gasteiger partial charge in [0.25, 0.3) is 0 Å². The molecule has 0 N–H and O–H groups in total. The SMILES string of the molecule is C[C@@H](C(=O)N(C)C1CCN(CCn2cccn2)CC1)N1CCc2ccccc21. The number of nitrogens with zero attached hydrogens (tertiary/aromatic N) is 5. The number of carbonyl (C=O) groups excluding carboxylic acids is 1. The minimum atomic E-state index is -0.105. The van der Waals surface area contributed by atoms with Gasteiger partial charge < -0.3 is 14.7 Å². The minimum absolute atomic E-state index is 0.105. The first kappa shape index (κ1) is 19.0. The van der Waals surface area contributed by atoms with Crippen LogP contribution in [0.15, 0.2) is 42.7 Å². The molecule has 150 valence electrons. The number of aromatic nitrogens is 2. The van der Waals surface area contributed by atoms with Crippen molar-refractivity contribution >= 4 is 11.6 Å². The van der Waals surface area contributed by atoms with Crippen molar-refractivity contribution in [2.45, 2.75) is 44.8 Å². The Kier molecular flexibility index (Phi) is 5.67. The minimum Gasteiger partial charge on any atom is -0.359 e. The van der Waals surface area contributed by atoms with Gasteiger partial charge in [0.15, 0.2) is 0 Å². The number of likely N-dealkylation sites (N-methyl/N-ethyl adjacent to an activating group) is 1. The highest BCUT2D eigenvalue weighted by Crippen LogP contribution is 2.30. The zero-order chi connectivity index (χ0) is 19.5. The van der Waals surface area contributed by atoms with E-state index in [1.807, 2.05) is 35.1 Å². The number of anilines is 1. The number of carbonyl (C=O) groups is 1. The molecule has 3 heterocycles. The molecule has 0 saturated carbocycles. The third-order valence-corrected chi connectivity index (χ3v) is 6.40. The molecule has 1 saturated heterocycles. The number of piperidine rings is 1. The molecule has 0 spiro atoms. The molecule has 0 unspecified atom stereocenters. The molecule has 1 aromatic heterocycles. The summed E-state index contributed by atoms with van der Waals surface area (Å²) in [5.74, 6) is 0.242. The Morgan fingerprint density at radius 2 is 1.96 bits per heavy atom. The third kappa shape index (κ3) is 3.92. The molecular formula is C22H31N5O. The maximum Gasteiger partial charge on any atom is 0.244 e. The number of hydrogen-bond acceptors (Lipinski definition) is 4. The second-order valence-corrected chi connectivity index (χ2v) is 8.04. The predicted octanol–water partition coefficient (Wildman–Crippen LogP) is 2.26. The number of likely N-dealkylation sites (tertiary alicyclic amines) is 1. The Bertz CT molecular complexity index is 782. The van der Waals surface area contributed by atoms with Crippen LogP contribution in [-0.2, 0) is 17.8 Å². The first-order chi connectivity index (χ1) is 13.6. The summed E-state index contributed by atoms with van der Waals surface area (Å²) in [6, 6.07) is 10.7. The molecule has 1 aromatic carbocycles. The molecule has 1 amide bonds. The topological polar surface area (TPSA) is 44.6 Å². The maximum absolute atomic E-state index is 13.2. The van der Waals surface area contributed by atoms with Gasteiger partial charge in [0.05, 0.1) is 6.54 Å². The van der Waals surface area contributed by atoms with Gasteiger partial charge in [-0.2, -0.15) is 5.10 Å². The summed E-state index contributed by atoms with van der Waals surface area (Å²) in [6.07, 6.45) is 6.96. The number of fused-ring (bicyclic) bond motifs is 1. The molecule has 4 rings (SSSR count). The highest BCUT2D eigenvalue weighted by Gasteiger charge is 2.32. The predicted molar refractivity (Wildman–Crippen MR) is 111 cm³/mol. The lowest BCUT2D eigenvalue weighted by molar-refractivity contribution is -0.133. The number of rotatable bonds is 6. The highest BCUT2D eigenvalue weighted by molar-refractivity contribution is 5.86. The van der Waals surface area contributed by atoms with Gasteiger partial charge in [-0.25, -0.2) is 0 Å². The molecular weight excluding hydrogens is 350 g/mol. The van der Waals surface area contributed by atoms with Gasteiger partial charge >= 0.3 is 0 Å². The number of amides is 1. The van der Waals surface area contributed by atoms with E-state index in [0.717, 1.165) is 52.0 Å². The van der Waals surface area contributed by atoms with E-state index in [1.165, 1.54) is 11.3 Å². The monoisotopic (exact) mass is 381 g/mol. The van der Waals surface area contributed by atoms with Crippen molar-refractivity contribution in [2.75, 3.05) is 38.1 Å². The van der Waals surface area contributed by atoms with Crippen LogP contribution in [0.5, 0.6) is 0 Å². The smallest absolute Gasteiger partial charge is 0.244 e. The lowest BCUT2D eigenvalue weighted by atomic mass is 10.0. The van der Waals surface area contributed by atoms with Gasteiger partial charge in [-0.15, -0.1) is 0 Å². The fourth-order valence-corrected chi connectivity index (χ4v) is 4.58. The van der Waals surface area contributed by atoms with Gasteiger partial charge in [0, 0.05) is 57.3 Å². The van der Waals surface area contributed by atoms with Crippen LogP contribution in [0.25, 0.3) is 0 Å². The quantitative estimate of drug-likeness (QED) is 0.770. The molecule has 0 aliphatic carbocycles. The van der Waals surface area contributed by atoms with Crippen LogP contribution in [0.3, 0.4) is 0 Å². The Hall–Kier alpha value is -2.34. The summed E-state index contributed by atoms with van der Waals surface area (Å²) in [7, 11) is 1.99. The van der Waals surface area contributed by atoms with Crippen LogP contribution < -0.4 is 4.90 Å². The molecule has 2 aromatic rings. The fourth-order valence-electron chi connectivity index (χ4n) is 4.58. The van der Waals surface area contributed by atoms with Gasteiger partial charge in [-0.3, -0.25) is 9.48 Å². The first-order valence-electron chi connectivity index (χ1n) is 10.4. The molecule has 6 nitrogen and oxygen atoms in total. The Balaban J connectivity index is 1.29. The van der Waals surface area contributed by atoms with E-state index in [4.69, 9.17) is 0 Å². The van der Waals surface area contributed by atoms with E-state index in [-0.39, 0.29) is 11.9 Å². The number of benzene rings is 1. The third-order valence-electron chi connectivity index (χ3n) is 6.40. The molecule has 2 aliphatic heterocycles. The van der Waals surface area contributed by atoms with Crippen molar-refractivity contribution in [3.05, 3.63) is 48.3 Å². The number of hydrogen-bond donors (Lipinski definition) is 0. The van der Waals surface area contributed by atoms with E-state index in [9.17, 15) is 4.79 Å². The largest absolute Gasteiger partial charge is 0.359 e. The van der Waals surface area contributed by atoms with E-state index < -0.39 is 0 Å². The van der Waals surface area contributed by atoms with Gasteiger partial charge in [-0.05, 0) is 43.9 Å². The average molecular weight is 382 g/mol. The normalized spacial score (nSPS) is 18.9. The van der Waals surface area contributed by atoms with Gasteiger partial charge in [0.2, 0.25) is 5.91 Å². The van der Waals surface area contributed by atoms with Crippen molar-refractivity contribution in [1.29, 1.82) is 0 Å². The molecule has 0 radical (unpaired) electrons. The van der Waals surface area contributed by atoms with Crippen LogP contribution in [-0.4, -0.2) is 70.8 Å². The van der Waals surface area contributed by atoms with Crippen LogP contribution in [0.1, 0.15) is 25.3 Å². The Morgan fingerprint density at radius 1 is 1.18 bits per heavy atom. The van der Waals surface area contributed by atoms with Gasteiger partial charge in [0.1, 0.15) is 6.04 Å². The van der Waals surface area contributed by atoms with Crippen molar-refractivity contribution in [2.24, 2.45) is 0 Å². The molecule has 6 heteroatoms. The standard InChI is InChI=1S/C22H31N5O/c1-18(27-15-8-19-6-3-4-7-21(19)27)22(28)24(2)20-9-13-25(14-10-20)16-17-26-12-5-11-23-26/h3-7,11-12,18,20H,8-10,13-17H2,1-2H3/t18-/m0/s1. The second-order valence-electron chi connectivity index (χ2n) is 8.04. The van der Waals surface area contributed by atoms with Crippen molar-refractivity contribution in [3.8, 4) is 0 Å². The lowest BCUT2D eigenvalue weighted by Gasteiger charge is -2.39. The second kappa shape index (κ2) is 8.35. The zero-order valence-electron chi connectivity index (χ0n) is 17.0. The van der Waals surface area contributed by atoms with Gasteiger partial charge in [-0.1, -0.05) is 18.2 Å². The van der Waals surface area contributed by atoms with Crippen LogP contribution >= 0.6 is 0 Å². The van der Waals surface area contributed by atoms with Crippen LogP contribution in [0, 0.1) is 0 Å². The molecule has 28 heavy (non-hydrogen) atoms. The van der Waals surface area contributed by atoms with E-state index in [2.05, 4.69) is 46.1 Å². The van der Waals surface area contributed by atoms with E-state index in [0.29, 0.717) is 6.04 Å². The molecule has 0 bridgehead atoms. The first-order valence-corrected chi connectivity index (χ1v) is 10.4. The van der Waals surface area contributed by atoms with Crippen LogP contribution in [0.2, 0.25) is 0 Å². The van der Waals surface area contributed by atoms with Crippen molar-refractivity contribution in [3.63, 3.8) is 0 Å². The van der Waals surface area contributed by atoms with E-state index in [1.54, 1.807) is 0 Å². The maximum atomic E-state index is 13.2. The van der Waals surface area contributed by atoms with Crippen LogP contribution in [0.4, 0.5) is 5.69 Å². The lowest BCUT2D eigenvalue weighted by Crippen LogP contribution is -2.52. The summed E-state index contributed by atoms with van der Waals surface area (Å²) < 4.78 is 1.98. The summed E-state index contributed by atoms with van der Waals surface area (Å²) in [5.41, 5.74) is 2.58. The van der Waals surface area contributed by atoms with Crippen molar-refractivity contribution < 1.29 is 4.79 Å². The fraction of sp³-hybridized carbons (Fsp3) is 0.545. The summed E-state index contributed by atoms with van der Waals surface area (Å²) in [5, 5.41) is 4.27. The summed E-state index contributed by atoms with van der Waals surface area (Å²) in [6.45, 7) is 7.03. The zero-order valence-corrected chi connectivity index (χ0v) is 17.0. The average Bonchev–Trinajstić information content (AvgIpc) is 3.41. The summed E-state index contributed by atoms with van der Waals surface area (Å²) >= 11 is 0. The van der Waals surface area contributed by atoms with Crippen molar-refractivity contribution in [1.82, 2.24) is 19.6 Å². The summed E-state index contributed by atoms with van der Waals surface area (Å²) in [4.78, 5) is 19.9. The Morgan fingerprint density at radius 3 is 2.71 bits per heavy atom. The van der Waals surface area contributed by atoms with E-state index >= 15 is 0 Å².